The number of nitrogens with zero attached hydrogens (tertiary/aromatic N) is 2. The van der Waals surface area contributed by atoms with E-state index in [2.05, 4.69) is 5.16 Å². The molecular weight excluding hydrogens is 457 g/mol. The van der Waals surface area contributed by atoms with Crippen LogP contribution in [-0.4, -0.2) is 35.3 Å². The number of aromatic nitrogens is 1. The summed E-state index contributed by atoms with van der Waals surface area (Å²) in [7, 11) is 1.44. The molecule has 188 valence electrons. The van der Waals surface area contributed by atoms with E-state index in [9.17, 15) is 23.1 Å². The van der Waals surface area contributed by atoms with Crippen molar-refractivity contribution in [1.82, 2.24) is 4.57 Å². The van der Waals surface area contributed by atoms with Gasteiger partial charge in [-0.25, -0.2) is 0 Å². The fourth-order valence-corrected chi connectivity index (χ4v) is 4.63. The van der Waals surface area contributed by atoms with Crippen LogP contribution in [0, 0.1) is 5.92 Å². The second-order valence-electron chi connectivity index (χ2n) is 9.12. The third-order valence-corrected chi connectivity index (χ3v) is 6.55. The molecule has 0 saturated heterocycles. The first-order chi connectivity index (χ1) is 16.6. The minimum Gasteiger partial charge on any atom is -0.399 e. The van der Waals surface area contributed by atoms with Crippen LogP contribution in [0.3, 0.4) is 0 Å². The fourth-order valence-electron chi connectivity index (χ4n) is 4.63. The number of halogens is 3. The number of oxime groups is 1. The number of alkyl halides is 3. The van der Waals surface area contributed by atoms with Crippen LogP contribution in [0.25, 0.3) is 10.9 Å². The molecule has 3 rings (SSSR count). The Morgan fingerprint density at radius 1 is 1.14 bits per heavy atom. The highest BCUT2D eigenvalue weighted by atomic mass is 19.4. The number of para-hydroxylation sites is 1. The van der Waals surface area contributed by atoms with Gasteiger partial charge in [-0.2, -0.15) is 13.2 Å². The van der Waals surface area contributed by atoms with Crippen molar-refractivity contribution >= 4 is 16.6 Å². The highest BCUT2D eigenvalue weighted by Crippen LogP contribution is 2.42. The summed E-state index contributed by atoms with van der Waals surface area (Å²) in [6, 6.07) is 15.3. The van der Waals surface area contributed by atoms with Gasteiger partial charge in [-0.05, 0) is 60.9 Å². The van der Waals surface area contributed by atoms with Crippen LogP contribution in [0.15, 0.2) is 70.7 Å². The van der Waals surface area contributed by atoms with Gasteiger partial charge in [0.2, 0.25) is 0 Å². The summed E-state index contributed by atoms with van der Waals surface area (Å²) >= 11 is 0. The number of rotatable bonds is 10. The lowest BCUT2D eigenvalue weighted by Gasteiger charge is -2.35. The standard InChI is InChI=1S/C27H31F3N2O3/c1-19(31-35-3)20-8-6-9-21(16-20)26(2,13-7-15-33)17-22(27(28,29)30)18-32-14-12-25(34)23-10-4-5-11-24(23)32/h4-6,8-12,14,16,22,33H,7,13,15,17-18H2,1-3H3. The first kappa shape index (κ1) is 26.5. The highest BCUT2D eigenvalue weighted by Gasteiger charge is 2.44. The Kier molecular flexibility index (Phi) is 8.38. The van der Waals surface area contributed by atoms with Crippen molar-refractivity contribution in [3.63, 3.8) is 0 Å². The van der Waals surface area contributed by atoms with Crippen molar-refractivity contribution in [3.8, 4) is 0 Å². The number of hydrogen-bond acceptors (Lipinski definition) is 4. The van der Waals surface area contributed by atoms with Gasteiger partial charge in [-0.15, -0.1) is 0 Å². The Labute approximate surface area is 202 Å². The molecule has 0 amide bonds. The summed E-state index contributed by atoms with van der Waals surface area (Å²) in [6.45, 7) is 3.16. The van der Waals surface area contributed by atoms with Crippen molar-refractivity contribution in [2.24, 2.45) is 11.1 Å². The number of pyridine rings is 1. The first-order valence-electron chi connectivity index (χ1n) is 11.5. The van der Waals surface area contributed by atoms with Crippen LogP contribution in [0.2, 0.25) is 0 Å². The van der Waals surface area contributed by atoms with Gasteiger partial charge in [0, 0.05) is 30.8 Å². The second-order valence-corrected chi connectivity index (χ2v) is 9.12. The molecule has 5 nitrogen and oxygen atoms in total. The first-order valence-corrected chi connectivity index (χ1v) is 11.5. The van der Waals surface area contributed by atoms with E-state index in [1.54, 1.807) is 37.3 Å². The molecule has 35 heavy (non-hydrogen) atoms. The molecule has 3 aromatic rings. The van der Waals surface area contributed by atoms with Crippen molar-refractivity contribution in [2.75, 3.05) is 13.7 Å². The van der Waals surface area contributed by atoms with Gasteiger partial charge in [0.05, 0.1) is 17.1 Å². The molecule has 8 heteroatoms. The molecule has 0 spiro atoms. The molecular formula is C27H31F3N2O3. The molecule has 2 aromatic carbocycles. The van der Waals surface area contributed by atoms with Gasteiger partial charge < -0.3 is 14.5 Å². The minimum atomic E-state index is -4.46. The number of aliphatic hydroxyl groups is 1. The van der Waals surface area contributed by atoms with E-state index < -0.39 is 17.5 Å². The number of benzene rings is 2. The second kappa shape index (κ2) is 11.1. The largest absolute Gasteiger partial charge is 0.399 e. The third-order valence-electron chi connectivity index (χ3n) is 6.55. The molecule has 0 aliphatic heterocycles. The summed E-state index contributed by atoms with van der Waals surface area (Å²) in [6.07, 6.45) is -2.46. The van der Waals surface area contributed by atoms with Gasteiger partial charge in [-0.3, -0.25) is 4.79 Å². The van der Waals surface area contributed by atoms with Crippen LogP contribution in [0.5, 0.6) is 0 Å². The maximum atomic E-state index is 14.4. The van der Waals surface area contributed by atoms with E-state index in [4.69, 9.17) is 4.84 Å². The minimum absolute atomic E-state index is 0.111. The number of aliphatic hydroxyl groups excluding tert-OH is 1. The van der Waals surface area contributed by atoms with Crippen LogP contribution in [0.4, 0.5) is 13.2 Å². The fraction of sp³-hybridized carbons (Fsp3) is 0.407. The van der Waals surface area contributed by atoms with Gasteiger partial charge >= 0.3 is 6.18 Å². The van der Waals surface area contributed by atoms with Gasteiger partial charge in [0.25, 0.3) is 0 Å². The Hall–Kier alpha value is -3.13. The van der Waals surface area contributed by atoms with E-state index in [-0.39, 0.29) is 25.0 Å². The highest BCUT2D eigenvalue weighted by molar-refractivity contribution is 5.98. The average molecular weight is 489 g/mol. The van der Waals surface area contributed by atoms with Crippen LogP contribution < -0.4 is 5.43 Å². The smallest absolute Gasteiger partial charge is 0.393 e. The van der Waals surface area contributed by atoms with Crippen molar-refractivity contribution in [3.05, 3.63) is 82.1 Å². The number of fused-ring (bicyclic) bond motifs is 1. The molecule has 1 heterocycles. The molecule has 0 bridgehead atoms. The van der Waals surface area contributed by atoms with E-state index in [1.165, 1.54) is 23.9 Å². The summed E-state index contributed by atoms with van der Waals surface area (Å²) in [4.78, 5) is 17.1. The summed E-state index contributed by atoms with van der Waals surface area (Å²) in [5.41, 5.74) is 1.51. The zero-order valence-electron chi connectivity index (χ0n) is 20.2. The SMILES string of the molecule is CON=C(C)c1cccc(C(C)(CCCO)CC(Cn2ccc(=O)c3ccccc32)C(F)(F)F)c1. The molecule has 1 N–H and O–H groups in total. The van der Waals surface area contributed by atoms with Gasteiger partial charge in [-0.1, -0.05) is 42.4 Å². The topological polar surface area (TPSA) is 63.8 Å². The Balaban J connectivity index is 2.03. The molecule has 0 fully saturated rings. The van der Waals surface area contributed by atoms with Crippen LogP contribution in [-0.2, 0) is 16.8 Å². The normalized spacial score (nSPS) is 15.1. The molecule has 0 saturated carbocycles. The Bertz CT molecular complexity index is 1240. The van der Waals surface area contributed by atoms with Crippen LogP contribution >= 0.6 is 0 Å². The zero-order chi connectivity index (χ0) is 25.6. The zero-order valence-corrected chi connectivity index (χ0v) is 20.2. The van der Waals surface area contributed by atoms with Gasteiger partial charge in [0.15, 0.2) is 5.43 Å². The van der Waals surface area contributed by atoms with Crippen molar-refractivity contribution < 1.29 is 23.1 Å². The lowest BCUT2D eigenvalue weighted by molar-refractivity contribution is -0.183. The number of hydrogen-bond donors (Lipinski definition) is 1. The Morgan fingerprint density at radius 3 is 2.57 bits per heavy atom. The van der Waals surface area contributed by atoms with Crippen LogP contribution in [0.1, 0.15) is 44.2 Å². The Morgan fingerprint density at radius 2 is 1.89 bits per heavy atom. The van der Waals surface area contributed by atoms with E-state index in [1.807, 2.05) is 25.1 Å². The van der Waals surface area contributed by atoms with Crippen molar-refractivity contribution in [1.29, 1.82) is 0 Å². The molecule has 0 radical (unpaired) electrons. The van der Waals surface area contributed by atoms with Gasteiger partial charge in [0.1, 0.15) is 7.11 Å². The summed E-state index contributed by atoms with van der Waals surface area (Å²) in [5, 5.41) is 13.8. The quantitative estimate of drug-likeness (QED) is 0.295. The van der Waals surface area contributed by atoms with E-state index >= 15 is 0 Å². The molecule has 0 aliphatic rings. The van der Waals surface area contributed by atoms with E-state index in [0.29, 0.717) is 29.5 Å². The lowest BCUT2D eigenvalue weighted by Crippen LogP contribution is -2.36. The predicted octanol–water partition coefficient (Wildman–Crippen LogP) is 5.67. The molecule has 1 aromatic heterocycles. The lowest BCUT2D eigenvalue weighted by atomic mass is 9.71. The summed E-state index contributed by atoms with van der Waals surface area (Å²) < 4.78 is 44.7. The molecule has 0 aliphatic carbocycles. The van der Waals surface area contributed by atoms with Crippen molar-refractivity contribution in [2.45, 2.75) is 51.2 Å². The average Bonchev–Trinajstić information content (AvgIpc) is 2.84. The predicted molar refractivity (Wildman–Crippen MR) is 132 cm³/mol. The monoisotopic (exact) mass is 488 g/mol. The third kappa shape index (κ3) is 6.31. The maximum absolute atomic E-state index is 14.4. The molecule has 2 unspecified atom stereocenters. The maximum Gasteiger partial charge on any atom is 0.393 e. The van der Waals surface area contributed by atoms with E-state index in [0.717, 1.165) is 11.1 Å². The summed E-state index contributed by atoms with van der Waals surface area (Å²) in [5.74, 6) is -1.67. The molecule has 2 atom stereocenters.